The second-order valence-electron chi connectivity index (χ2n) is 6.73. The Morgan fingerprint density at radius 3 is 2.35 bits per heavy atom. The highest BCUT2D eigenvalue weighted by Crippen LogP contribution is 2.01. The molecule has 1 fully saturated rings. The molecule has 1 atom stereocenters. The molecule has 2 heterocycles. The van der Waals surface area contributed by atoms with Crippen LogP contribution in [0.25, 0.3) is 0 Å². The molecule has 3 heteroatoms. The van der Waals surface area contributed by atoms with Gasteiger partial charge in [0, 0.05) is 36.4 Å². The van der Waals surface area contributed by atoms with E-state index in [2.05, 4.69) is 54.4 Å². The van der Waals surface area contributed by atoms with Gasteiger partial charge in [0.05, 0.1) is 25.7 Å². The van der Waals surface area contributed by atoms with E-state index in [9.17, 15) is 0 Å². The van der Waals surface area contributed by atoms with E-state index >= 15 is 0 Å². The van der Waals surface area contributed by atoms with Crippen LogP contribution in [-0.2, 0) is 13.1 Å². The number of likely N-dealkylation sites (tertiary alicyclic amines) is 1. The number of hydrogen-bond acceptors (Lipinski definition) is 1. The molecule has 1 aromatic carbocycles. The summed E-state index contributed by atoms with van der Waals surface area (Å²) in [5, 5.41) is 0. The van der Waals surface area contributed by atoms with Gasteiger partial charge in [-0.25, -0.2) is 0 Å². The molecule has 0 aliphatic carbocycles. The van der Waals surface area contributed by atoms with Gasteiger partial charge < -0.3 is 9.80 Å². The van der Waals surface area contributed by atoms with Crippen LogP contribution in [0.2, 0.25) is 0 Å². The van der Waals surface area contributed by atoms with Crippen LogP contribution in [0.1, 0.15) is 30.9 Å². The van der Waals surface area contributed by atoms with Crippen molar-refractivity contribution in [2.24, 2.45) is 0 Å². The van der Waals surface area contributed by atoms with Crippen molar-refractivity contribution < 1.29 is 9.80 Å². The Hall–Kier alpha value is -1.71. The maximum atomic E-state index is 4.11. The van der Waals surface area contributed by atoms with E-state index in [1.807, 2.05) is 12.4 Å². The molecule has 0 bridgehead atoms. The first-order valence-electron chi connectivity index (χ1n) is 8.96. The van der Waals surface area contributed by atoms with Gasteiger partial charge in [-0.2, -0.15) is 0 Å². The monoisotopic (exact) mass is 311 g/mol. The fourth-order valence-electron chi connectivity index (χ4n) is 3.82. The fourth-order valence-corrected chi connectivity index (χ4v) is 3.82. The van der Waals surface area contributed by atoms with Crippen molar-refractivity contribution in [2.45, 2.75) is 38.9 Å². The number of quaternary nitrogens is 2. The van der Waals surface area contributed by atoms with Crippen LogP contribution in [0.5, 0.6) is 0 Å². The molecule has 1 aromatic heterocycles. The van der Waals surface area contributed by atoms with E-state index in [1.54, 1.807) is 9.80 Å². The molecule has 1 saturated heterocycles. The summed E-state index contributed by atoms with van der Waals surface area (Å²) in [6, 6.07) is 16.1. The van der Waals surface area contributed by atoms with Crippen molar-refractivity contribution in [2.75, 3.05) is 19.6 Å². The normalized spacial score (nSPS) is 22.7. The van der Waals surface area contributed by atoms with Crippen molar-refractivity contribution in [3.63, 3.8) is 0 Å². The second kappa shape index (κ2) is 8.23. The molecular weight excluding hydrogens is 282 g/mol. The third kappa shape index (κ3) is 4.63. The van der Waals surface area contributed by atoms with E-state index in [1.165, 1.54) is 50.1 Å². The van der Waals surface area contributed by atoms with Crippen LogP contribution in [0, 0.1) is 0 Å². The van der Waals surface area contributed by atoms with Crippen molar-refractivity contribution in [3.8, 4) is 0 Å². The average Bonchev–Trinajstić information content (AvgIpc) is 2.62. The maximum Gasteiger partial charge on any atom is 0.103 e. The molecule has 3 rings (SSSR count). The van der Waals surface area contributed by atoms with Crippen LogP contribution in [0.4, 0.5) is 0 Å². The highest BCUT2D eigenvalue weighted by Gasteiger charge is 2.29. The lowest BCUT2D eigenvalue weighted by atomic mass is 10.0. The van der Waals surface area contributed by atoms with Gasteiger partial charge >= 0.3 is 0 Å². The number of benzene rings is 1. The molecule has 0 spiro atoms. The van der Waals surface area contributed by atoms with Gasteiger partial charge in [-0.15, -0.1) is 0 Å². The SMILES string of the molecule is CC[NH+](Cc1ccccc1)C1CC[NH+](Cc2ccncc2)CC1. The molecule has 0 saturated carbocycles. The summed E-state index contributed by atoms with van der Waals surface area (Å²) in [7, 11) is 0. The lowest BCUT2D eigenvalue weighted by Crippen LogP contribution is -3.19. The zero-order chi connectivity index (χ0) is 15.9. The highest BCUT2D eigenvalue weighted by molar-refractivity contribution is 5.13. The zero-order valence-electron chi connectivity index (χ0n) is 14.2. The molecule has 2 aromatic rings. The third-order valence-corrected chi connectivity index (χ3v) is 5.20. The van der Waals surface area contributed by atoms with E-state index in [-0.39, 0.29) is 0 Å². The van der Waals surface area contributed by atoms with Crippen molar-refractivity contribution >= 4 is 0 Å². The minimum atomic E-state index is 0.821. The molecule has 0 radical (unpaired) electrons. The Bertz CT molecular complexity index is 562. The quantitative estimate of drug-likeness (QED) is 0.807. The number of aromatic nitrogens is 1. The van der Waals surface area contributed by atoms with Gasteiger partial charge in [-0.05, 0) is 19.1 Å². The van der Waals surface area contributed by atoms with Gasteiger partial charge in [0.15, 0.2) is 0 Å². The molecule has 1 unspecified atom stereocenters. The van der Waals surface area contributed by atoms with Crippen LogP contribution in [0.3, 0.4) is 0 Å². The van der Waals surface area contributed by atoms with Gasteiger partial charge in [-0.1, -0.05) is 30.3 Å². The van der Waals surface area contributed by atoms with Crippen LogP contribution in [-0.4, -0.2) is 30.7 Å². The zero-order valence-corrected chi connectivity index (χ0v) is 14.2. The van der Waals surface area contributed by atoms with E-state index < -0.39 is 0 Å². The number of nitrogens with one attached hydrogen (secondary N) is 2. The molecule has 0 amide bonds. The van der Waals surface area contributed by atoms with Gasteiger partial charge in [-0.3, -0.25) is 4.98 Å². The average molecular weight is 311 g/mol. The molecule has 122 valence electrons. The Labute approximate surface area is 140 Å². The van der Waals surface area contributed by atoms with Crippen LogP contribution >= 0.6 is 0 Å². The van der Waals surface area contributed by atoms with Crippen LogP contribution < -0.4 is 9.80 Å². The second-order valence-corrected chi connectivity index (χ2v) is 6.73. The number of hydrogen-bond donors (Lipinski definition) is 2. The lowest BCUT2D eigenvalue weighted by Gasteiger charge is -2.34. The highest BCUT2D eigenvalue weighted by atomic mass is 15.2. The molecule has 1 aliphatic heterocycles. The molecule has 3 nitrogen and oxygen atoms in total. The largest absolute Gasteiger partial charge is 0.331 e. The Balaban J connectivity index is 1.51. The maximum absolute atomic E-state index is 4.11. The first-order chi connectivity index (χ1) is 11.3. The summed E-state index contributed by atoms with van der Waals surface area (Å²) in [5.74, 6) is 0. The fraction of sp³-hybridized carbons (Fsp3) is 0.450. The summed E-state index contributed by atoms with van der Waals surface area (Å²) in [5.41, 5.74) is 2.88. The van der Waals surface area contributed by atoms with Gasteiger partial charge in [0.25, 0.3) is 0 Å². The summed E-state index contributed by atoms with van der Waals surface area (Å²) >= 11 is 0. The Kier molecular flexibility index (Phi) is 5.78. The number of nitrogens with zero attached hydrogens (tertiary/aromatic N) is 1. The Morgan fingerprint density at radius 2 is 1.70 bits per heavy atom. The molecular formula is C20H29N3+2. The number of rotatable bonds is 6. The standard InChI is InChI=1S/C20H27N3/c1-2-23(17-18-6-4-3-5-7-18)20-10-14-22(15-11-20)16-19-8-12-21-13-9-19/h3-9,12-13,20H,2,10-11,14-17H2,1H3/p+2. The molecule has 2 N–H and O–H groups in total. The third-order valence-electron chi connectivity index (χ3n) is 5.20. The minimum Gasteiger partial charge on any atom is -0.331 e. The number of piperidine rings is 1. The first kappa shape index (κ1) is 16.2. The predicted octanol–water partition coefficient (Wildman–Crippen LogP) is 0.734. The minimum absolute atomic E-state index is 0.821. The summed E-state index contributed by atoms with van der Waals surface area (Å²) in [6.45, 7) is 8.46. The molecule has 1 aliphatic rings. The summed E-state index contributed by atoms with van der Waals surface area (Å²) in [4.78, 5) is 7.59. The summed E-state index contributed by atoms with van der Waals surface area (Å²) < 4.78 is 0. The summed E-state index contributed by atoms with van der Waals surface area (Å²) in [6.07, 6.45) is 6.50. The van der Waals surface area contributed by atoms with E-state index in [0.29, 0.717) is 0 Å². The van der Waals surface area contributed by atoms with Crippen molar-refractivity contribution in [1.29, 1.82) is 0 Å². The van der Waals surface area contributed by atoms with Crippen molar-refractivity contribution in [1.82, 2.24) is 4.98 Å². The predicted molar refractivity (Wildman–Crippen MR) is 93.3 cm³/mol. The van der Waals surface area contributed by atoms with E-state index in [0.717, 1.165) is 12.6 Å². The van der Waals surface area contributed by atoms with Gasteiger partial charge in [0.2, 0.25) is 0 Å². The smallest absolute Gasteiger partial charge is 0.103 e. The van der Waals surface area contributed by atoms with Gasteiger partial charge in [0.1, 0.15) is 13.1 Å². The Morgan fingerprint density at radius 1 is 1.00 bits per heavy atom. The van der Waals surface area contributed by atoms with Crippen molar-refractivity contribution in [3.05, 3.63) is 66.0 Å². The lowest BCUT2D eigenvalue weighted by molar-refractivity contribution is -0.969. The first-order valence-corrected chi connectivity index (χ1v) is 8.96. The van der Waals surface area contributed by atoms with Crippen LogP contribution in [0.15, 0.2) is 54.9 Å². The topological polar surface area (TPSA) is 21.8 Å². The van der Waals surface area contributed by atoms with E-state index in [4.69, 9.17) is 0 Å². The molecule has 23 heavy (non-hydrogen) atoms. The number of pyridine rings is 1.